The summed E-state index contributed by atoms with van der Waals surface area (Å²) in [5.74, 6) is -0.547. The van der Waals surface area contributed by atoms with Crippen LogP contribution in [0.4, 0.5) is 0 Å². The number of para-hydroxylation sites is 1. The molecule has 5 nitrogen and oxygen atoms in total. The van der Waals surface area contributed by atoms with Crippen LogP contribution < -0.4 is 5.73 Å². The molecule has 1 fully saturated rings. The number of likely N-dealkylation sites (tertiary alicyclic amines) is 1. The van der Waals surface area contributed by atoms with Crippen molar-refractivity contribution < 1.29 is 14.7 Å². The van der Waals surface area contributed by atoms with Gasteiger partial charge in [-0.25, -0.2) is 0 Å². The van der Waals surface area contributed by atoms with Crippen molar-refractivity contribution in [2.24, 2.45) is 11.7 Å². The Balaban J connectivity index is 2.00. The lowest BCUT2D eigenvalue weighted by molar-refractivity contribution is -0.134. The minimum absolute atomic E-state index is 0.0764. The molecule has 1 saturated heterocycles. The van der Waals surface area contributed by atoms with Gasteiger partial charge in [-0.05, 0) is 18.9 Å². The van der Waals surface area contributed by atoms with Crippen molar-refractivity contribution in [2.75, 3.05) is 13.1 Å². The first-order valence-electron chi connectivity index (χ1n) is 6.42. The molecule has 102 valence electrons. The van der Waals surface area contributed by atoms with E-state index in [1.165, 1.54) is 0 Å². The summed E-state index contributed by atoms with van der Waals surface area (Å²) < 4.78 is 0. The first-order valence-corrected chi connectivity index (χ1v) is 6.42. The zero-order valence-corrected chi connectivity index (χ0v) is 10.7. The largest absolute Gasteiger partial charge is 0.508 e. The molecule has 0 bridgehead atoms. The Morgan fingerprint density at radius 2 is 2.11 bits per heavy atom. The van der Waals surface area contributed by atoms with Crippen LogP contribution in [-0.2, 0) is 16.0 Å². The monoisotopic (exact) mass is 262 g/mol. The molecule has 0 aromatic heterocycles. The second-order valence-corrected chi connectivity index (χ2v) is 4.89. The Bertz CT molecular complexity index is 487. The number of amides is 2. The third-order valence-electron chi connectivity index (χ3n) is 3.51. The minimum Gasteiger partial charge on any atom is -0.508 e. The van der Waals surface area contributed by atoms with E-state index in [9.17, 15) is 14.7 Å². The van der Waals surface area contributed by atoms with Crippen LogP contribution in [-0.4, -0.2) is 34.9 Å². The van der Waals surface area contributed by atoms with E-state index in [-0.39, 0.29) is 29.9 Å². The highest BCUT2D eigenvalue weighted by atomic mass is 16.3. The number of aromatic hydroxyl groups is 1. The van der Waals surface area contributed by atoms with E-state index in [1.54, 1.807) is 29.2 Å². The molecule has 5 heteroatoms. The van der Waals surface area contributed by atoms with Gasteiger partial charge in [0.25, 0.3) is 0 Å². The predicted octanol–water partition coefficient (Wildman–Crippen LogP) is 0.659. The molecule has 1 aromatic rings. The molecule has 1 unspecified atom stereocenters. The highest BCUT2D eigenvalue weighted by Crippen LogP contribution is 2.20. The van der Waals surface area contributed by atoms with Gasteiger partial charge in [0.2, 0.25) is 11.8 Å². The molecule has 1 heterocycles. The maximum absolute atomic E-state index is 12.2. The second-order valence-electron chi connectivity index (χ2n) is 4.89. The fourth-order valence-electron chi connectivity index (χ4n) is 2.37. The summed E-state index contributed by atoms with van der Waals surface area (Å²) in [6, 6.07) is 6.78. The van der Waals surface area contributed by atoms with Gasteiger partial charge in [0.15, 0.2) is 0 Å². The lowest BCUT2D eigenvalue weighted by Gasteiger charge is -2.31. The number of piperidine rings is 1. The molecular formula is C14H18N2O3. The summed E-state index contributed by atoms with van der Waals surface area (Å²) in [6.45, 7) is 1.04. The standard InChI is InChI=1S/C14H18N2O3/c15-14(19)11-5-3-7-16(9-11)13(18)8-10-4-1-2-6-12(10)17/h1-2,4,6,11,17H,3,5,7-9H2,(H2,15,19). The molecule has 1 aliphatic heterocycles. The molecular weight excluding hydrogens is 244 g/mol. The molecule has 2 amide bonds. The number of hydrogen-bond acceptors (Lipinski definition) is 3. The molecule has 0 spiro atoms. The van der Waals surface area contributed by atoms with Crippen LogP contribution >= 0.6 is 0 Å². The number of nitrogens with two attached hydrogens (primary N) is 1. The van der Waals surface area contributed by atoms with Crippen molar-refractivity contribution in [2.45, 2.75) is 19.3 Å². The van der Waals surface area contributed by atoms with Crippen molar-refractivity contribution in [3.8, 4) is 5.75 Å². The van der Waals surface area contributed by atoms with Crippen molar-refractivity contribution in [1.82, 2.24) is 4.90 Å². The molecule has 1 aromatic carbocycles. The average Bonchev–Trinajstić information content (AvgIpc) is 2.41. The van der Waals surface area contributed by atoms with Gasteiger partial charge in [0, 0.05) is 18.7 Å². The van der Waals surface area contributed by atoms with Gasteiger partial charge in [-0.2, -0.15) is 0 Å². The predicted molar refractivity (Wildman–Crippen MR) is 70.3 cm³/mol. The Hall–Kier alpha value is -2.04. The number of primary amides is 1. The quantitative estimate of drug-likeness (QED) is 0.839. The van der Waals surface area contributed by atoms with Gasteiger partial charge in [0.05, 0.1) is 12.3 Å². The second kappa shape index (κ2) is 5.73. The van der Waals surface area contributed by atoms with Crippen LogP contribution in [0, 0.1) is 5.92 Å². The lowest BCUT2D eigenvalue weighted by Crippen LogP contribution is -2.44. The number of rotatable bonds is 3. The molecule has 1 aliphatic rings. The van der Waals surface area contributed by atoms with E-state index in [4.69, 9.17) is 5.73 Å². The van der Waals surface area contributed by atoms with Crippen molar-refractivity contribution in [1.29, 1.82) is 0 Å². The highest BCUT2D eigenvalue weighted by Gasteiger charge is 2.27. The first-order chi connectivity index (χ1) is 9.08. The Morgan fingerprint density at radius 1 is 1.37 bits per heavy atom. The zero-order valence-electron chi connectivity index (χ0n) is 10.7. The number of phenols is 1. The highest BCUT2D eigenvalue weighted by molar-refractivity contribution is 5.81. The van der Waals surface area contributed by atoms with Crippen LogP contribution in [0.1, 0.15) is 18.4 Å². The topological polar surface area (TPSA) is 83.6 Å². The number of benzene rings is 1. The lowest BCUT2D eigenvalue weighted by atomic mass is 9.97. The van der Waals surface area contributed by atoms with E-state index in [2.05, 4.69) is 0 Å². The summed E-state index contributed by atoms with van der Waals surface area (Å²) in [6.07, 6.45) is 1.69. The fourth-order valence-corrected chi connectivity index (χ4v) is 2.37. The summed E-state index contributed by atoms with van der Waals surface area (Å²) in [7, 11) is 0. The third kappa shape index (κ3) is 3.24. The molecule has 0 radical (unpaired) electrons. The SMILES string of the molecule is NC(=O)C1CCCN(C(=O)Cc2ccccc2O)C1. The molecule has 2 rings (SSSR count). The zero-order chi connectivity index (χ0) is 13.8. The van der Waals surface area contributed by atoms with Gasteiger partial charge in [-0.3, -0.25) is 9.59 Å². The van der Waals surface area contributed by atoms with Crippen LogP contribution in [0.3, 0.4) is 0 Å². The fraction of sp³-hybridized carbons (Fsp3) is 0.429. The average molecular weight is 262 g/mol. The number of hydrogen-bond donors (Lipinski definition) is 2. The molecule has 1 atom stereocenters. The molecule has 3 N–H and O–H groups in total. The van der Waals surface area contributed by atoms with Crippen molar-refractivity contribution in [3.63, 3.8) is 0 Å². The Labute approximate surface area is 112 Å². The maximum Gasteiger partial charge on any atom is 0.227 e. The number of nitrogens with zero attached hydrogens (tertiary/aromatic N) is 1. The summed E-state index contributed by atoms with van der Waals surface area (Å²) >= 11 is 0. The van der Waals surface area contributed by atoms with Crippen LogP contribution in [0.5, 0.6) is 5.75 Å². The van der Waals surface area contributed by atoms with Gasteiger partial charge in [0.1, 0.15) is 5.75 Å². The Kier molecular flexibility index (Phi) is 4.04. The van der Waals surface area contributed by atoms with Crippen LogP contribution in [0.15, 0.2) is 24.3 Å². The van der Waals surface area contributed by atoms with Gasteiger partial charge in [-0.15, -0.1) is 0 Å². The Morgan fingerprint density at radius 3 is 2.79 bits per heavy atom. The molecule has 0 aliphatic carbocycles. The molecule has 19 heavy (non-hydrogen) atoms. The van der Waals surface area contributed by atoms with Crippen molar-refractivity contribution >= 4 is 11.8 Å². The van der Waals surface area contributed by atoms with E-state index >= 15 is 0 Å². The van der Waals surface area contributed by atoms with Gasteiger partial charge >= 0.3 is 0 Å². The summed E-state index contributed by atoms with van der Waals surface area (Å²) in [5.41, 5.74) is 5.89. The van der Waals surface area contributed by atoms with E-state index < -0.39 is 0 Å². The number of carbonyl (C=O) groups is 2. The minimum atomic E-state index is -0.347. The van der Waals surface area contributed by atoms with Crippen LogP contribution in [0.2, 0.25) is 0 Å². The smallest absolute Gasteiger partial charge is 0.227 e. The van der Waals surface area contributed by atoms with E-state index in [0.717, 1.165) is 12.8 Å². The number of carbonyl (C=O) groups excluding carboxylic acids is 2. The van der Waals surface area contributed by atoms with Crippen molar-refractivity contribution in [3.05, 3.63) is 29.8 Å². The van der Waals surface area contributed by atoms with Gasteiger partial charge in [-0.1, -0.05) is 18.2 Å². The summed E-state index contributed by atoms with van der Waals surface area (Å²) in [5, 5.41) is 9.65. The van der Waals surface area contributed by atoms with Crippen LogP contribution in [0.25, 0.3) is 0 Å². The molecule has 0 saturated carbocycles. The normalized spacial score (nSPS) is 19.2. The van der Waals surface area contributed by atoms with E-state index in [0.29, 0.717) is 18.7 Å². The third-order valence-corrected chi connectivity index (χ3v) is 3.51. The van der Waals surface area contributed by atoms with E-state index in [1.807, 2.05) is 0 Å². The summed E-state index contributed by atoms with van der Waals surface area (Å²) in [4.78, 5) is 25.0. The number of phenolic OH excluding ortho intramolecular Hbond substituents is 1. The first kappa shape index (κ1) is 13.4. The maximum atomic E-state index is 12.2. The van der Waals surface area contributed by atoms with Gasteiger partial charge < -0.3 is 15.7 Å².